The van der Waals surface area contributed by atoms with E-state index >= 15 is 0 Å². The Hall–Kier alpha value is -5.12. The monoisotopic (exact) mass is 875 g/mol. The fourth-order valence-electron chi connectivity index (χ4n) is 6.85. The number of anilines is 5. The Balaban J connectivity index is 0.00000240. The maximum absolute atomic E-state index is 4.74. The quantitative estimate of drug-likeness (QED) is 0.156. The van der Waals surface area contributed by atoms with Gasteiger partial charge in [-0.15, -0.1) is 35.7 Å². The Kier molecular flexibility index (Phi) is 10.4. The van der Waals surface area contributed by atoms with Crippen molar-refractivity contribution < 1.29 is 21.1 Å². The molecule has 5 nitrogen and oxygen atoms in total. The number of hydrogen-bond donors (Lipinski definition) is 0. The van der Waals surface area contributed by atoms with Crippen LogP contribution in [-0.2, 0) is 31.9 Å². The van der Waals surface area contributed by atoms with Crippen molar-refractivity contribution in [1.29, 1.82) is 0 Å². The molecule has 0 atom stereocenters. The van der Waals surface area contributed by atoms with Gasteiger partial charge in [-0.1, -0.05) is 113 Å². The fourth-order valence-corrected chi connectivity index (χ4v) is 6.85. The Morgan fingerprint density at radius 3 is 1.98 bits per heavy atom. The summed E-state index contributed by atoms with van der Waals surface area (Å²) in [6, 6.07) is 50.4. The number of para-hydroxylation sites is 2. The van der Waals surface area contributed by atoms with E-state index in [1.807, 2.05) is 18.3 Å². The fraction of sp³-hybridized carbons (Fsp3) is 0.191. The van der Waals surface area contributed by atoms with Gasteiger partial charge in [-0.25, -0.2) is 4.98 Å². The van der Waals surface area contributed by atoms with Crippen LogP contribution in [-0.4, -0.2) is 16.2 Å². The van der Waals surface area contributed by atoms with Crippen molar-refractivity contribution in [2.24, 2.45) is 0 Å². The van der Waals surface area contributed by atoms with Crippen LogP contribution in [0.5, 0.6) is 0 Å². The van der Waals surface area contributed by atoms with Gasteiger partial charge in [-0.2, -0.15) is 12.1 Å². The molecule has 0 radical (unpaired) electrons. The molecule has 0 saturated carbocycles. The molecule has 1 aliphatic rings. The summed E-state index contributed by atoms with van der Waals surface area (Å²) in [6.07, 6.45) is 6.18. The molecule has 8 rings (SSSR count). The molecule has 0 amide bonds. The van der Waals surface area contributed by atoms with Gasteiger partial charge in [0, 0.05) is 56.6 Å². The van der Waals surface area contributed by atoms with E-state index in [2.05, 4.69) is 195 Å². The van der Waals surface area contributed by atoms with E-state index in [4.69, 9.17) is 4.98 Å². The van der Waals surface area contributed by atoms with Gasteiger partial charge in [-0.05, 0) is 69.8 Å². The third-order valence-corrected chi connectivity index (χ3v) is 9.73. The van der Waals surface area contributed by atoms with Crippen LogP contribution in [0.4, 0.5) is 28.4 Å². The molecule has 272 valence electrons. The zero-order valence-corrected chi connectivity index (χ0v) is 33.8. The van der Waals surface area contributed by atoms with E-state index in [1.165, 1.54) is 22.2 Å². The van der Waals surface area contributed by atoms with Gasteiger partial charge >= 0.3 is 0 Å². The van der Waals surface area contributed by atoms with Crippen molar-refractivity contribution in [3.05, 3.63) is 171 Å². The number of hydrogen-bond acceptors (Lipinski definition) is 4. The summed E-state index contributed by atoms with van der Waals surface area (Å²) in [6.45, 7) is 14.4. The summed E-state index contributed by atoms with van der Waals surface area (Å²) in [5, 5.41) is 2.31. The number of rotatable bonds is 6. The Bertz CT molecular complexity index is 2350. The maximum Gasteiger partial charge on any atom is 0.135 e. The molecule has 5 aromatic carbocycles. The summed E-state index contributed by atoms with van der Waals surface area (Å²) in [5.74, 6) is 0.866. The van der Waals surface area contributed by atoms with Gasteiger partial charge in [-0.3, -0.25) is 0 Å². The summed E-state index contributed by atoms with van der Waals surface area (Å²) in [5.41, 5.74) is 9.98. The van der Waals surface area contributed by atoms with Gasteiger partial charge in [0.2, 0.25) is 0 Å². The first-order chi connectivity index (χ1) is 24.5. The predicted octanol–water partition coefficient (Wildman–Crippen LogP) is 12.0. The number of pyridine rings is 1. The van der Waals surface area contributed by atoms with Crippen molar-refractivity contribution in [3.8, 4) is 5.82 Å². The van der Waals surface area contributed by atoms with E-state index < -0.39 is 0 Å². The molecule has 7 aromatic rings. The molecule has 0 spiro atoms. The average molecular weight is 876 g/mol. The van der Waals surface area contributed by atoms with Gasteiger partial charge < -0.3 is 26.7 Å². The Morgan fingerprint density at radius 2 is 1.28 bits per heavy atom. The smallest absolute Gasteiger partial charge is 0.135 e. The number of fused-ring (bicyclic) bond motifs is 3. The molecular formula is C47H46N5Pt-3. The third-order valence-electron chi connectivity index (χ3n) is 9.73. The number of nitrogens with zero attached hydrogens (tertiary/aromatic N) is 5. The molecule has 1 aliphatic heterocycles. The molecule has 3 heterocycles. The van der Waals surface area contributed by atoms with Crippen LogP contribution in [0.1, 0.15) is 52.7 Å². The molecule has 0 saturated heterocycles. The van der Waals surface area contributed by atoms with Crippen LogP contribution in [0.15, 0.2) is 140 Å². The molecule has 0 fully saturated rings. The van der Waals surface area contributed by atoms with Crippen LogP contribution in [0.3, 0.4) is 0 Å². The van der Waals surface area contributed by atoms with Gasteiger partial charge in [0.1, 0.15) is 5.82 Å². The van der Waals surface area contributed by atoms with Gasteiger partial charge in [0.25, 0.3) is 0 Å². The first-order valence-electron chi connectivity index (χ1n) is 17.7. The molecular weight excluding hydrogens is 830 g/mol. The average Bonchev–Trinajstić information content (AvgIpc) is 3.76. The van der Waals surface area contributed by atoms with Crippen LogP contribution in [0.2, 0.25) is 0 Å². The standard InChI is InChI=1S/C46H43N5.CH3.Pt/c1-45(2,3)33-27-34(46(4,5)6)29-39(28-33)49-26-25-48(32-49)36-17-14-18-37(30-36)50(35-15-8-7-9-16-35)38-22-23-41-40-19-10-11-20-42(40)51(43(41)31-38)44-21-12-13-24-47-44;;/h7-29H,32H2,1-6H3;1H3;/q-2;-1;. The summed E-state index contributed by atoms with van der Waals surface area (Å²) in [7, 11) is 0. The van der Waals surface area contributed by atoms with Crippen molar-refractivity contribution in [3.63, 3.8) is 0 Å². The van der Waals surface area contributed by atoms with Crippen molar-refractivity contribution in [2.75, 3.05) is 21.4 Å². The zero-order chi connectivity index (χ0) is 35.3. The van der Waals surface area contributed by atoms with Crippen LogP contribution < -0.4 is 14.7 Å². The zero-order valence-electron chi connectivity index (χ0n) is 31.5. The summed E-state index contributed by atoms with van der Waals surface area (Å²) >= 11 is 0. The van der Waals surface area contributed by atoms with Crippen LogP contribution in [0, 0.1) is 19.6 Å². The van der Waals surface area contributed by atoms with Crippen LogP contribution in [0.25, 0.3) is 27.6 Å². The van der Waals surface area contributed by atoms with Crippen LogP contribution >= 0.6 is 0 Å². The molecule has 2 aromatic heterocycles. The summed E-state index contributed by atoms with van der Waals surface area (Å²) < 4.78 is 2.21. The summed E-state index contributed by atoms with van der Waals surface area (Å²) in [4.78, 5) is 11.6. The minimum Gasteiger partial charge on any atom is -0.358 e. The Labute approximate surface area is 329 Å². The largest absolute Gasteiger partial charge is 0.358 e. The molecule has 0 bridgehead atoms. The second-order valence-electron chi connectivity index (χ2n) is 15.4. The third kappa shape index (κ3) is 7.28. The molecule has 0 N–H and O–H groups in total. The van der Waals surface area contributed by atoms with E-state index in [0.717, 1.165) is 45.0 Å². The van der Waals surface area contributed by atoms with Gasteiger partial charge in [0.15, 0.2) is 0 Å². The van der Waals surface area contributed by atoms with Crippen molar-refractivity contribution in [2.45, 2.75) is 52.4 Å². The first-order valence-corrected chi connectivity index (χ1v) is 17.7. The van der Waals surface area contributed by atoms with E-state index in [0.29, 0.717) is 6.67 Å². The number of aromatic nitrogens is 2. The molecule has 0 unspecified atom stereocenters. The minimum atomic E-state index is 0. The Morgan fingerprint density at radius 1 is 0.623 bits per heavy atom. The predicted molar refractivity (Wildman–Crippen MR) is 220 cm³/mol. The van der Waals surface area contributed by atoms with Crippen molar-refractivity contribution in [1.82, 2.24) is 9.55 Å². The molecule has 6 heteroatoms. The van der Waals surface area contributed by atoms with Gasteiger partial charge in [0.05, 0.1) is 6.67 Å². The van der Waals surface area contributed by atoms with E-state index in [1.54, 1.807) is 0 Å². The second-order valence-corrected chi connectivity index (χ2v) is 15.4. The maximum atomic E-state index is 4.74. The SMILES string of the molecule is CC(C)(C)c1cc(N2C=CN(c3[c-]c(N(c4[c-]c5c(cc4)c4ccccc4n5-c4ccccn4)c4ccccc4)ccc3)C2)cc(C(C)(C)C)c1.[CH3-].[Pt]. The van der Waals surface area contributed by atoms with Crippen molar-refractivity contribution >= 4 is 50.2 Å². The van der Waals surface area contributed by atoms with E-state index in [-0.39, 0.29) is 39.3 Å². The first kappa shape index (κ1) is 37.6. The minimum absolute atomic E-state index is 0. The normalized spacial score (nSPS) is 12.9. The second kappa shape index (κ2) is 14.7. The number of benzene rings is 5. The topological polar surface area (TPSA) is 27.5 Å². The molecule has 0 aliphatic carbocycles. The van der Waals surface area contributed by atoms with E-state index in [9.17, 15) is 0 Å². The molecule has 53 heavy (non-hydrogen) atoms.